The van der Waals surface area contributed by atoms with Gasteiger partial charge in [-0.1, -0.05) is 0 Å². The van der Waals surface area contributed by atoms with Crippen LogP contribution in [0.5, 0.6) is 5.75 Å². The van der Waals surface area contributed by atoms with Crippen molar-refractivity contribution in [1.82, 2.24) is 9.80 Å². The maximum absolute atomic E-state index is 13.2. The third-order valence-electron chi connectivity index (χ3n) is 6.77. The van der Waals surface area contributed by atoms with Gasteiger partial charge in [0.05, 0.1) is 4.92 Å². The van der Waals surface area contributed by atoms with E-state index in [1.807, 2.05) is 0 Å². The molecule has 2 aliphatic rings. The van der Waals surface area contributed by atoms with Gasteiger partial charge in [-0.05, 0) is 59.0 Å². The Kier molecular flexibility index (Phi) is 8.78. The first-order chi connectivity index (χ1) is 17.6. The van der Waals surface area contributed by atoms with Crippen LogP contribution in [0.1, 0.15) is 24.8 Å². The molecule has 200 valence electrons. The molecule has 2 heterocycles. The Morgan fingerprint density at radius 3 is 2.27 bits per heavy atom. The summed E-state index contributed by atoms with van der Waals surface area (Å²) in [5.41, 5.74) is -1.12. The van der Waals surface area contributed by atoms with Crippen molar-refractivity contribution in [3.8, 4) is 5.75 Å². The number of halogens is 4. The molecule has 2 aromatic carbocycles. The van der Waals surface area contributed by atoms with Crippen molar-refractivity contribution in [2.45, 2.75) is 31.5 Å². The normalized spacial score (nSPS) is 17.6. The number of carbonyl (C=O) groups is 1. The molecule has 2 saturated heterocycles. The van der Waals surface area contributed by atoms with Crippen molar-refractivity contribution < 1.29 is 27.6 Å². The molecule has 0 bridgehead atoms. The van der Waals surface area contributed by atoms with Crippen molar-refractivity contribution >= 4 is 39.9 Å². The standard InChI is InChI=1S/C25H28F3IN4O4/c26-25(27,28)22-17-21(5-6-23(22)33(35)36)37-20-7-11-32(12-8-20)24(34)9-10-30-13-15-31(16-14-30)19-3-1-18(29)2-4-19/h1-6,17,20H,7-16H2. The first kappa shape index (κ1) is 27.4. The van der Waals surface area contributed by atoms with Gasteiger partial charge < -0.3 is 14.5 Å². The minimum atomic E-state index is -4.86. The Bertz CT molecular complexity index is 1100. The second-order valence-electron chi connectivity index (χ2n) is 9.19. The van der Waals surface area contributed by atoms with Crippen LogP contribution in [0.25, 0.3) is 0 Å². The van der Waals surface area contributed by atoms with Crippen LogP contribution < -0.4 is 9.64 Å². The number of rotatable bonds is 7. The number of hydrogen-bond donors (Lipinski definition) is 0. The molecule has 1 amide bonds. The molecule has 8 nitrogen and oxygen atoms in total. The lowest BCUT2D eigenvalue weighted by Gasteiger charge is -2.37. The minimum Gasteiger partial charge on any atom is -0.490 e. The lowest BCUT2D eigenvalue weighted by molar-refractivity contribution is -0.388. The smallest absolute Gasteiger partial charge is 0.423 e. The average molecular weight is 632 g/mol. The van der Waals surface area contributed by atoms with Gasteiger partial charge in [-0.25, -0.2) is 0 Å². The number of amides is 1. The maximum Gasteiger partial charge on any atom is 0.423 e. The van der Waals surface area contributed by atoms with Crippen molar-refractivity contribution in [2.75, 3.05) is 50.7 Å². The minimum absolute atomic E-state index is 0.0629. The Labute approximate surface area is 226 Å². The van der Waals surface area contributed by atoms with Gasteiger partial charge in [-0.15, -0.1) is 0 Å². The summed E-state index contributed by atoms with van der Waals surface area (Å²) in [5, 5.41) is 10.9. The fourth-order valence-electron chi connectivity index (χ4n) is 4.68. The molecular weight excluding hydrogens is 604 g/mol. The van der Waals surface area contributed by atoms with Crippen molar-refractivity contribution in [3.05, 3.63) is 61.7 Å². The van der Waals surface area contributed by atoms with Gasteiger partial charge >= 0.3 is 6.18 Å². The highest BCUT2D eigenvalue weighted by Crippen LogP contribution is 2.38. The van der Waals surface area contributed by atoms with Crippen molar-refractivity contribution in [3.63, 3.8) is 0 Å². The molecule has 2 aliphatic heterocycles. The molecule has 0 saturated carbocycles. The first-order valence-corrected chi connectivity index (χ1v) is 13.2. The number of carbonyl (C=O) groups excluding carboxylic acids is 1. The van der Waals surface area contributed by atoms with Gasteiger partial charge in [0.25, 0.3) is 5.69 Å². The van der Waals surface area contributed by atoms with Crippen molar-refractivity contribution in [1.29, 1.82) is 0 Å². The first-order valence-electron chi connectivity index (χ1n) is 12.1. The molecule has 0 aromatic heterocycles. The monoisotopic (exact) mass is 632 g/mol. The number of nitro benzene ring substituents is 1. The fraction of sp³-hybridized carbons (Fsp3) is 0.480. The van der Waals surface area contributed by atoms with Crippen LogP contribution in [0.4, 0.5) is 24.5 Å². The highest BCUT2D eigenvalue weighted by Gasteiger charge is 2.39. The van der Waals surface area contributed by atoms with Crippen molar-refractivity contribution in [2.24, 2.45) is 0 Å². The average Bonchev–Trinajstić information content (AvgIpc) is 2.88. The Hall–Kier alpha value is -2.61. The molecule has 2 fully saturated rings. The molecule has 0 radical (unpaired) electrons. The molecule has 0 atom stereocenters. The molecule has 37 heavy (non-hydrogen) atoms. The number of anilines is 1. The topological polar surface area (TPSA) is 79.2 Å². The number of likely N-dealkylation sites (tertiary alicyclic amines) is 1. The largest absolute Gasteiger partial charge is 0.490 e. The van der Waals surface area contributed by atoms with E-state index in [9.17, 15) is 28.1 Å². The lowest BCUT2D eigenvalue weighted by atomic mass is 10.1. The number of benzene rings is 2. The van der Waals surface area contributed by atoms with E-state index in [4.69, 9.17) is 4.74 Å². The highest BCUT2D eigenvalue weighted by atomic mass is 127. The Morgan fingerprint density at radius 2 is 1.68 bits per heavy atom. The van der Waals surface area contributed by atoms with E-state index in [1.54, 1.807) is 4.90 Å². The van der Waals surface area contributed by atoms with E-state index in [1.165, 1.54) is 15.3 Å². The van der Waals surface area contributed by atoms with E-state index in [0.717, 1.165) is 32.2 Å². The van der Waals surface area contributed by atoms with Gasteiger partial charge in [0.2, 0.25) is 5.91 Å². The van der Waals surface area contributed by atoms with Crippen LogP contribution in [0, 0.1) is 13.7 Å². The van der Waals surface area contributed by atoms with E-state index in [0.29, 0.717) is 45.0 Å². The summed E-state index contributed by atoms with van der Waals surface area (Å²) in [6.07, 6.45) is -3.82. The number of nitrogens with zero attached hydrogens (tertiary/aromatic N) is 4. The predicted octanol–water partition coefficient (Wildman–Crippen LogP) is 4.80. The van der Waals surface area contributed by atoms with Crippen LogP contribution in [-0.2, 0) is 11.0 Å². The van der Waals surface area contributed by atoms with Gasteiger partial charge in [0, 0.05) is 80.4 Å². The van der Waals surface area contributed by atoms with Gasteiger partial charge in [-0.3, -0.25) is 19.8 Å². The van der Waals surface area contributed by atoms with E-state index in [2.05, 4.69) is 56.7 Å². The van der Waals surface area contributed by atoms with Gasteiger partial charge in [0.1, 0.15) is 17.4 Å². The Morgan fingerprint density at radius 1 is 1.03 bits per heavy atom. The summed E-state index contributed by atoms with van der Waals surface area (Å²) in [7, 11) is 0. The number of ether oxygens (including phenoxy) is 1. The second-order valence-corrected chi connectivity index (χ2v) is 10.4. The molecule has 12 heteroatoms. The van der Waals surface area contributed by atoms with E-state index in [-0.39, 0.29) is 17.8 Å². The lowest BCUT2D eigenvalue weighted by Crippen LogP contribution is -2.48. The van der Waals surface area contributed by atoms with Crippen LogP contribution in [-0.4, -0.2) is 72.5 Å². The summed E-state index contributed by atoms with van der Waals surface area (Å²) in [6.45, 7) is 5.23. The van der Waals surface area contributed by atoms with Gasteiger partial charge in [-0.2, -0.15) is 13.2 Å². The molecule has 0 aliphatic carbocycles. The molecule has 0 N–H and O–H groups in total. The zero-order valence-electron chi connectivity index (χ0n) is 20.1. The number of piperidine rings is 1. The SMILES string of the molecule is O=C(CCN1CCN(c2ccc(I)cc2)CC1)N1CCC(Oc2ccc([N+](=O)[O-])c(C(F)(F)F)c2)CC1. The fourth-order valence-corrected chi connectivity index (χ4v) is 5.04. The Balaban J connectivity index is 1.20. The number of hydrogen-bond acceptors (Lipinski definition) is 6. The third-order valence-corrected chi connectivity index (χ3v) is 7.49. The third kappa shape index (κ3) is 7.24. The molecule has 4 rings (SSSR count). The van der Waals surface area contributed by atoms with Crippen LogP contribution in [0.3, 0.4) is 0 Å². The van der Waals surface area contributed by atoms with Gasteiger partial charge in [0.15, 0.2) is 0 Å². The number of piperazine rings is 1. The maximum atomic E-state index is 13.2. The predicted molar refractivity (Wildman–Crippen MR) is 141 cm³/mol. The van der Waals surface area contributed by atoms with Crippen LogP contribution in [0.15, 0.2) is 42.5 Å². The summed E-state index contributed by atoms with van der Waals surface area (Å²) in [5.74, 6) is 0.000267. The second kappa shape index (κ2) is 11.8. The molecule has 2 aromatic rings. The van der Waals surface area contributed by atoms with Crippen LogP contribution in [0.2, 0.25) is 0 Å². The molecule has 0 spiro atoms. The zero-order chi connectivity index (χ0) is 26.6. The highest BCUT2D eigenvalue weighted by molar-refractivity contribution is 14.1. The zero-order valence-corrected chi connectivity index (χ0v) is 22.3. The van der Waals surface area contributed by atoms with E-state index >= 15 is 0 Å². The number of nitro groups is 1. The molecular formula is C25H28F3IN4O4. The molecule has 0 unspecified atom stereocenters. The summed E-state index contributed by atoms with van der Waals surface area (Å²) in [4.78, 5) is 29.0. The summed E-state index contributed by atoms with van der Waals surface area (Å²) < 4.78 is 46.5. The summed E-state index contributed by atoms with van der Waals surface area (Å²) >= 11 is 2.29. The van der Waals surface area contributed by atoms with E-state index < -0.39 is 22.4 Å². The number of alkyl halides is 3. The van der Waals surface area contributed by atoms with Crippen LogP contribution >= 0.6 is 22.6 Å². The summed E-state index contributed by atoms with van der Waals surface area (Å²) in [6, 6.07) is 11.1. The quantitative estimate of drug-likeness (QED) is 0.248.